The van der Waals surface area contributed by atoms with Crippen molar-refractivity contribution in [3.05, 3.63) is 53.3 Å². The van der Waals surface area contributed by atoms with E-state index in [2.05, 4.69) is 36.3 Å². The fourth-order valence-electron chi connectivity index (χ4n) is 1.80. The van der Waals surface area contributed by atoms with E-state index >= 15 is 0 Å². The number of nitrogens with one attached hydrogen (secondary N) is 1. The highest BCUT2D eigenvalue weighted by Gasteiger charge is 2.04. The normalized spacial score (nSPS) is 10.1. The van der Waals surface area contributed by atoms with Gasteiger partial charge in [-0.2, -0.15) is 0 Å². The number of aromatic nitrogens is 1. The summed E-state index contributed by atoms with van der Waals surface area (Å²) in [5.41, 5.74) is 10.6. The predicted molar refractivity (Wildman–Crippen MR) is 79.3 cm³/mol. The van der Waals surface area contributed by atoms with Gasteiger partial charge in [0.1, 0.15) is 4.99 Å². The number of hydrogen-bond donors (Lipinski definition) is 2. The molecule has 0 saturated heterocycles. The first kappa shape index (κ1) is 12.5. The third-order valence-electron chi connectivity index (χ3n) is 2.76. The lowest BCUT2D eigenvalue weighted by molar-refractivity contribution is 1.28. The molecule has 0 saturated carbocycles. The molecule has 1 aromatic carbocycles. The van der Waals surface area contributed by atoms with Crippen LogP contribution in [0, 0.1) is 13.8 Å². The second-order valence-electron chi connectivity index (χ2n) is 4.19. The molecule has 1 aromatic heterocycles. The Hall–Kier alpha value is -1.94. The van der Waals surface area contributed by atoms with Crippen molar-refractivity contribution in [1.29, 1.82) is 0 Å². The van der Waals surface area contributed by atoms with E-state index in [0.29, 0.717) is 10.7 Å². The van der Waals surface area contributed by atoms with Crippen molar-refractivity contribution in [3.63, 3.8) is 0 Å². The Labute approximate surface area is 112 Å². The second kappa shape index (κ2) is 5.14. The zero-order valence-corrected chi connectivity index (χ0v) is 11.2. The maximum atomic E-state index is 5.58. The minimum Gasteiger partial charge on any atom is -0.388 e. The van der Waals surface area contributed by atoms with Crippen molar-refractivity contribution in [3.8, 4) is 0 Å². The highest BCUT2D eigenvalue weighted by Crippen LogP contribution is 2.24. The third kappa shape index (κ3) is 2.65. The Morgan fingerprint density at radius 1 is 1.22 bits per heavy atom. The first-order valence-corrected chi connectivity index (χ1v) is 6.08. The van der Waals surface area contributed by atoms with E-state index in [-0.39, 0.29) is 0 Å². The number of anilines is 2. The van der Waals surface area contributed by atoms with E-state index in [1.807, 2.05) is 18.2 Å². The number of nitrogens with zero attached hydrogens (tertiary/aromatic N) is 1. The highest BCUT2D eigenvalue weighted by atomic mass is 32.1. The molecule has 18 heavy (non-hydrogen) atoms. The molecule has 3 N–H and O–H groups in total. The van der Waals surface area contributed by atoms with E-state index < -0.39 is 0 Å². The van der Waals surface area contributed by atoms with Crippen molar-refractivity contribution in [2.75, 3.05) is 5.32 Å². The minimum absolute atomic E-state index is 0.306. The number of rotatable bonds is 3. The fourth-order valence-corrected chi connectivity index (χ4v) is 1.91. The Morgan fingerprint density at radius 3 is 2.50 bits per heavy atom. The largest absolute Gasteiger partial charge is 0.388 e. The Bertz CT molecular complexity index is 573. The monoisotopic (exact) mass is 257 g/mol. The first-order chi connectivity index (χ1) is 8.58. The van der Waals surface area contributed by atoms with Gasteiger partial charge in [0.15, 0.2) is 0 Å². The smallest absolute Gasteiger partial charge is 0.122 e. The fraction of sp³-hybridized carbons (Fsp3) is 0.143. The summed E-state index contributed by atoms with van der Waals surface area (Å²) >= 11 is 4.93. The molecule has 3 nitrogen and oxygen atoms in total. The molecule has 2 aromatic rings. The van der Waals surface area contributed by atoms with E-state index in [1.54, 1.807) is 6.20 Å². The lowest BCUT2D eigenvalue weighted by Crippen LogP contribution is -2.11. The second-order valence-corrected chi connectivity index (χ2v) is 4.63. The molecule has 2 rings (SSSR count). The van der Waals surface area contributed by atoms with Gasteiger partial charge in [0.25, 0.3) is 0 Å². The summed E-state index contributed by atoms with van der Waals surface area (Å²) in [4.78, 5) is 4.42. The summed E-state index contributed by atoms with van der Waals surface area (Å²) in [5, 5.41) is 3.38. The Balaban J connectivity index is 2.34. The number of pyridine rings is 1. The molecule has 0 aliphatic carbocycles. The number of hydrogen-bond acceptors (Lipinski definition) is 3. The molecule has 0 aliphatic rings. The molecule has 4 heteroatoms. The summed E-state index contributed by atoms with van der Waals surface area (Å²) in [6.45, 7) is 4.15. The van der Waals surface area contributed by atoms with E-state index in [9.17, 15) is 0 Å². The van der Waals surface area contributed by atoms with Crippen LogP contribution in [0.2, 0.25) is 0 Å². The van der Waals surface area contributed by atoms with Gasteiger partial charge in [-0.1, -0.05) is 30.4 Å². The molecular weight excluding hydrogens is 242 g/mol. The lowest BCUT2D eigenvalue weighted by atomic mass is 10.1. The number of benzene rings is 1. The van der Waals surface area contributed by atoms with Crippen LogP contribution in [0.3, 0.4) is 0 Å². The van der Waals surface area contributed by atoms with Gasteiger partial charge in [-0.3, -0.25) is 4.98 Å². The van der Waals surface area contributed by atoms with Gasteiger partial charge in [-0.15, -0.1) is 0 Å². The molecule has 0 radical (unpaired) electrons. The number of para-hydroxylation sites is 1. The summed E-state index contributed by atoms with van der Waals surface area (Å²) in [6.07, 6.45) is 1.70. The Morgan fingerprint density at radius 2 is 1.89 bits per heavy atom. The molecule has 0 unspecified atom stereocenters. The average molecular weight is 257 g/mol. The van der Waals surface area contributed by atoms with Crippen LogP contribution in [0.4, 0.5) is 11.4 Å². The highest BCUT2D eigenvalue weighted by molar-refractivity contribution is 7.80. The van der Waals surface area contributed by atoms with Crippen LogP contribution in [-0.4, -0.2) is 9.97 Å². The third-order valence-corrected chi connectivity index (χ3v) is 2.97. The zero-order chi connectivity index (χ0) is 13.1. The van der Waals surface area contributed by atoms with Crippen LogP contribution in [-0.2, 0) is 0 Å². The van der Waals surface area contributed by atoms with Crippen LogP contribution in [0.25, 0.3) is 0 Å². The number of nitrogens with two attached hydrogens (primary N) is 1. The molecule has 0 bridgehead atoms. The first-order valence-electron chi connectivity index (χ1n) is 5.67. The molecule has 0 atom stereocenters. The maximum Gasteiger partial charge on any atom is 0.122 e. The summed E-state index contributed by atoms with van der Waals surface area (Å²) in [6, 6.07) is 9.95. The standard InChI is InChI=1S/C14H15N3S/c1-9-4-3-5-10(2)13(9)17-11-6-7-16-12(8-11)14(15)18/h3-8H,1-2H3,(H2,15,18)(H,16,17). The van der Waals surface area contributed by atoms with Crippen LogP contribution in [0.5, 0.6) is 0 Å². The predicted octanol–water partition coefficient (Wildman–Crippen LogP) is 3.08. The molecule has 0 spiro atoms. The van der Waals surface area contributed by atoms with E-state index in [1.165, 1.54) is 11.1 Å². The maximum absolute atomic E-state index is 5.58. The number of aryl methyl sites for hydroxylation is 2. The van der Waals surface area contributed by atoms with Crippen molar-refractivity contribution in [2.24, 2.45) is 5.73 Å². The summed E-state index contributed by atoms with van der Waals surface area (Å²) in [7, 11) is 0. The molecular formula is C14H15N3S. The van der Waals surface area contributed by atoms with Crippen LogP contribution >= 0.6 is 12.2 Å². The van der Waals surface area contributed by atoms with E-state index in [4.69, 9.17) is 18.0 Å². The minimum atomic E-state index is 0.306. The van der Waals surface area contributed by atoms with Crippen molar-refractivity contribution < 1.29 is 0 Å². The summed E-state index contributed by atoms with van der Waals surface area (Å²) in [5.74, 6) is 0. The van der Waals surface area contributed by atoms with Crippen molar-refractivity contribution in [2.45, 2.75) is 13.8 Å². The van der Waals surface area contributed by atoms with Crippen LogP contribution in [0.1, 0.15) is 16.8 Å². The molecule has 92 valence electrons. The van der Waals surface area contributed by atoms with Crippen LogP contribution in [0.15, 0.2) is 36.5 Å². The van der Waals surface area contributed by atoms with Crippen molar-refractivity contribution >= 4 is 28.6 Å². The molecule has 0 aliphatic heterocycles. The van der Waals surface area contributed by atoms with Gasteiger partial charge in [0.2, 0.25) is 0 Å². The van der Waals surface area contributed by atoms with Gasteiger partial charge >= 0.3 is 0 Å². The SMILES string of the molecule is Cc1cccc(C)c1Nc1ccnc(C(N)=S)c1. The quantitative estimate of drug-likeness (QED) is 0.830. The molecule has 0 fully saturated rings. The lowest BCUT2D eigenvalue weighted by Gasteiger charge is -2.13. The topological polar surface area (TPSA) is 50.9 Å². The number of thiocarbonyl (C=S) groups is 1. The average Bonchev–Trinajstić information content (AvgIpc) is 2.34. The van der Waals surface area contributed by atoms with Gasteiger partial charge in [0, 0.05) is 17.6 Å². The zero-order valence-electron chi connectivity index (χ0n) is 10.4. The Kier molecular flexibility index (Phi) is 3.58. The van der Waals surface area contributed by atoms with Crippen LogP contribution < -0.4 is 11.1 Å². The van der Waals surface area contributed by atoms with Gasteiger partial charge < -0.3 is 11.1 Å². The van der Waals surface area contributed by atoms with E-state index in [0.717, 1.165) is 11.4 Å². The van der Waals surface area contributed by atoms with Gasteiger partial charge in [-0.05, 0) is 37.1 Å². The molecule has 1 heterocycles. The molecule has 0 amide bonds. The van der Waals surface area contributed by atoms with Gasteiger partial charge in [-0.25, -0.2) is 0 Å². The van der Waals surface area contributed by atoms with Crippen molar-refractivity contribution in [1.82, 2.24) is 4.98 Å². The van der Waals surface area contributed by atoms with Gasteiger partial charge in [0.05, 0.1) is 5.69 Å². The summed E-state index contributed by atoms with van der Waals surface area (Å²) < 4.78 is 0.